The van der Waals surface area contributed by atoms with Crippen LogP contribution in [0.25, 0.3) is 0 Å². The molecule has 0 radical (unpaired) electrons. The summed E-state index contributed by atoms with van der Waals surface area (Å²) in [6, 6.07) is 9.11. The van der Waals surface area contributed by atoms with Gasteiger partial charge in [-0.1, -0.05) is 29.3 Å². The SMILES string of the molecule is O[C@@H]1C[C@@H](F)[C@H](CCCc2cccs2)[C@H]1COc1cc(Cl)cc(Cl)c1. The van der Waals surface area contributed by atoms with Gasteiger partial charge in [-0.2, -0.15) is 0 Å². The zero-order valence-electron chi connectivity index (χ0n) is 13.7. The molecule has 2 aromatic rings. The van der Waals surface area contributed by atoms with Gasteiger partial charge in [0.25, 0.3) is 0 Å². The first kappa shape index (κ1) is 19.0. The van der Waals surface area contributed by atoms with Crippen molar-refractivity contribution in [3.63, 3.8) is 0 Å². The molecule has 0 saturated heterocycles. The molecule has 0 unspecified atom stereocenters. The molecule has 3 rings (SSSR count). The molecule has 1 aliphatic carbocycles. The maximum absolute atomic E-state index is 14.4. The van der Waals surface area contributed by atoms with Crippen LogP contribution in [-0.4, -0.2) is 24.0 Å². The summed E-state index contributed by atoms with van der Waals surface area (Å²) in [7, 11) is 0. The number of benzene rings is 1. The lowest BCUT2D eigenvalue weighted by Crippen LogP contribution is -2.27. The Bertz CT molecular complexity index is 660. The molecule has 136 valence electrons. The third kappa shape index (κ3) is 5.10. The standard InChI is InChI=1S/C19H21Cl2FO2S/c20-12-7-13(21)9-14(8-12)24-11-17-16(18(22)10-19(17)23)5-1-3-15-4-2-6-25-15/h2,4,6-9,16-19,23H,1,3,5,10-11H2/t16-,17-,18-,19-/m1/s1. The quantitative estimate of drug-likeness (QED) is 0.634. The predicted octanol–water partition coefficient (Wildman–Crippen LogP) is 5.79. The van der Waals surface area contributed by atoms with Gasteiger partial charge in [0.05, 0.1) is 12.7 Å². The topological polar surface area (TPSA) is 29.5 Å². The van der Waals surface area contributed by atoms with E-state index in [2.05, 4.69) is 11.4 Å². The molecule has 0 spiro atoms. The Kier molecular flexibility index (Phi) is 6.61. The molecule has 1 heterocycles. The minimum atomic E-state index is -0.977. The van der Waals surface area contributed by atoms with Gasteiger partial charge in [0, 0.05) is 27.3 Å². The third-order valence-corrected chi connectivity index (χ3v) is 6.17. The second-order valence-corrected chi connectivity index (χ2v) is 8.44. The van der Waals surface area contributed by atoms with Crippen LogP contribution in [0, 0.1) is 11.8 Å². The molecule has 1 aromatic carbocycles. The van der Waals surface area contributed by atoms with Gasteiger partial charge in [0.1, 0.15) is 11.9 Å². The zero-order chi connectivity index (χ0) is 17.8. The minimum Gasteiger partial charge on any atom is -0.493 e. The molecule has 1 aliphatic rings. The summed E-state index contributed by atoms with van der Waals surface area (Å²) in [6.07, 6.45) is 1.16. The number of thiophene rings is 1. The molecule has 1 saturated carbocycles. The molecule has 6 heteroatoms. The summed E-state index contributed by atoms with van der Waals surface area (Å²) in [5.41, 5.74) is 0. The Labute approximate surface area is 161 Å². The van der Waals surface area contributed by atoms with Crippen molar-refractivity contribution in [2.45, 2.75) is 38.0 Å². The van der Waals surface area contributed by atoms with E-state index >= 15 is 0 Å². The van der Waals surface area contributed by atoms with E-state index in [0.717, 1.165) is 19.3 Å². The van der Waals surface area contributed by atoms with Crippen LogP contribution in [-0.2, 0) is 6.42 Å². The van der Waals surface area contributed by atoms with Crippen molar-refractivity contribution < 1.29 is 14.2 Å². The van der Waals surface area contributed by atoms with Crippen LogP contribution < -0.4 is 4.74 Å². The average molecular weight is 403 g/mol. The molecule has 1 aromatic heterocycles. The van der Waals surface area contributed by atoms with Gasteiger partial charge in [-0.15, -0.1) is 11.3 Å². The van der Waals surface area contributed by atoms with E-state index < -0.39 is 12.3 Å². The summed E-state index contributed by atoms with van der Waals surface area (Å²) in [5, 5.41) is 13.3. The van der Waals surface area contributed by atoms with Gasteiger partial charge in [-0.3, -0.25) is 0 Å². The molecule has 1 fully saturated rings. The van der Waals surface area contributed by atoms with Crippen LogP contribution >= 0.6 is 34.5 Å². The lowest BCUT2D eigenvalue weighted by Gasteiger charge is -2.23. The second-order valence-electron chi connectivity index (χ2n) is 6.53. The molecule has 0 amide bonds. The Morgan fingerprint density at radius 1 is 1.20 bits per heavy atom. The Hall–Kier alpha value is -0.810. The fraction of sp³-hybridized carbons (Fsp3) is 0.474. The van der Waals surface area contributed by atoms with Crippen LogP contribution in [0.2, 0.25) is 10.0 Å². The third-order valence-electron chi connectivity index (χ3n) is 4.79. The number of aryl methyl sites for hydroxylation is 1. The summed E-state index contributed by atoms with van der Waals surface area (Å²) >= 11 is 13.7. The van der Waals surface area contributed by atoms with Gasteiger partial charge in [-0.25, -0.2) is 4.39 Å². The molecule has 25 heavy (non-hydrogen) atoms. The predicted molar refractivity (Wildman–Crippen MR) is 102 cm³/mol. The van der Waals surface area contributed by atoms with Gasteiger partial charge in [-0.05, 0) is 54.8 Å². The summed E-state index contributed by atoms with van der Waals surface area (Å²) in [6.45, 7) is 0.266. The number of ether oxygens (including phenoxy) is 1. The van der Waals surface area contributed by atoms with Crippen molar-refractivity contribution in [2.75, 3.05) is 6.61 Å². The number of aliphatic hydroxyl groups excluding tert-OH is 1. The van der Waals surface area contributed by atoms with Crippen LogP contribution in [0.5, 0.6) is 5.75 Å². The average Bonchev–Trinajstić information content (AvgIpc) is 3.14. The summed E-state index contributed by atoms with van der Waals surface area (Å²) < 4.78 is 20.1. The van der Waals surface area contributed by atoms with Crippen molar-refractivity contribution in [3.05, 3.63) is 50.6 Å². The second kappa shape index (κ2) is 8.72. The summed E-state index contributed by atoms with van der Waals surface area (Å²) in [4.78, 5) is 1.32. The van der Waals surface area contributed by atoms with Crippen LogP contribution in [0.1, 0.15) is 24.1 Å². The van der Waals surface area contributed by atoms with E-state index in [-0.39, 0.29) is 24.9 Å². The molecule has 1 N–H and O–H groups in total. The first-order valence-electron chi connectivity index (χ1n) is 8.46. The van der Waals surface area contributed by atoms with Crippen molar-refractivity contribution >= 4 is 34.5 Å². The molecule has 0 aliphatic heterocycles. The lowest BCUT2D eigenvalue weighted by atomic mass is 9.90. The highest BCUT2D eigenvalue weighted by Gasteiger charge is 2.42. The molecule has 0 bridgehead atoms. The number of hydrogen-bond donors (Lipinski definition) is 1. The van der Waals surface area contributed by atoms with Crippen molar-refractivity contribution in [1.29, 1.82) is 0 Å². The van der Waals surface area contributed by atoms with Crippen molar-refractivity contribution in [2.24, 2.45) is 11.8 Å². The Morgan fingerprint density at radius 2 is 1.96 bits per heavy atom. The van der Waals surface area contributed by atoms with E-state index in [4.69, 9.17) is 27.9 Å². The van der Waals surface area contributed by atoms with Gasteiger partial charge >= 0.3 is 0 Å². The molecule has 4 atom stereocenters. The smallest absolute Gasteiger partial charge is 0.122 e. The lowest BCUT2D eigenvalue weighted by molar-refractivity contribution is 0.0766. The van der Waals surface area contributed by atoms with Crippen LogP contribution in [0.4, 0.5) is 4.39 Å². The van der Waals surface area contributed by atoms with Crippen LogP contribution in [0.3, 0.4) is 0 Å². The largest absolute Gasteiger partial charge is 0.493 e. The number of aliphatic hydroxyl groups is 1. The Morgan fingerprint density at radius 3 is 2.64 bits per heavy atom. The van der Waals surface area contributed by atoms with Gasteiger partial charge in [0.2, 0.25) is 0 Å². The highest BCUT2D eigenvalue weighted by molar-refractivity contribution is 7.09. The number of alkyl halides is 1. The first-order valence-corrected chi connectivity index (χ1v) is 10.1. The van der Waals surface area contributed by atoms with Crippen molar-refractivity contribution in [3.8, 4) is 5.75 Å². The number of halogens is 3. The highest BCUT2D eigenvalue weighted by Crippen LogP contribution is 2.38. The van der Waals surface area contributed by atoms with E-state index in [1.165, 1.54) is 4.88 Å². The minimum absolute atomic E-state index is 0.176. The van der Waals surface area contributed by atoms with Gasteiger partial charge in [0.15, 0.2) is 0 Å². The van der Waals surface area contributed by atoms with Gasteiger partial charge < -0.3 is 9.84 Å². The molecular weight excluding hydrogens is 382 g/mol. The number of hydrogen-bond acceptors (Lipinski definition) is 3. The Balaban J connectivity index is 1.57. The monoisotopic (exact) mass is 402 g/mol. The maximum Gasteiger partial charge on any atom is 0.122 e. The van der Waals surface area contributed by atoms with E-state index in [0.29, 0.717) is 15.8 Å². The zero-order valence-corrected chi connectivity index (χ0v) is 16.0. The van der Waals surface area contributed by atoms with Crippen LogP contribution in [0.15, 0.2) is 35.7 Å². The first-order chi connectivity index (χ1) is 12.0. The van der Waals surface area contributed by atoms with Crippen molar-refractivity contribution in [1.82, 2.24) is 0 Å². The van der Waals surface area contributed by atoms with E-state index in [9.17, 15) is 9.50 Å². The molecule has 2 nitrogen and oxygen atoms in total. The van der Waals surface area contributed by atoms with E-state index in [1.807, 2.05) is 6.07 Å². The summed E-state index contributed by atoms with van der Waals surface area (Å²) in [5.74, 6) is 0.157. The highest BCUT2D eigenvalue weighted by atomic mass is 35.5. The molecular formula is C19H21Cl2FO2S. The normalized spacial score (nSPS) is 26.1. The fourth-order valence-electron chi connectivity index (χ4n) is 3.53. The fourth-order valence-corrected chi connectivity index (χ4v) is 4.79. The number of rotatable bonds is 7. The maximum atomic E-state index is 14.4. The van der Waals surface area contributed by atoms with E-state index in [1.54, 1.807) is 29.5 Å².